The van der Waals surface area contributed by atoms with Crippen molar-refractivity contribution >= 4 is 16.6 Å². The first-order chi connectivity index (χ1) is 12.2. The Morgan fingerprint density at radius 1 is 1.12 bits per heavy atom. The third-order valence-electron chi connectivity index (χ3n) is 4.86. The van der Waals surface area contributed by atoms with E-state index in [0.29, 0.717) is 11.2 Å². The van der Waals surface area contributed by atoms with E-state index < -0.39 is 4.92 Å². The molecule has 7 nitrogen and oxygen atoms in total. The van der Waals surface area contributed by atoms with Gasteiger partial charge in [-0.3, -0.25) is 19.6 Å². The Kier molecular flexibility index (Phi) is 3.83. The van der Waals surface area contributed by atoms with Crippen molar-refractivity contribution in [1.29, 1.82) is 0 Å². The molecule has 0 aliphatic heterocycles. The Hall–Kier alpha value is -2.96. The van der Waals surface area contributed by atoms with Gasteiger partial charge in [-0.05, 0) is 31.0 Å². The van der Waals surface area contributed by atoms with Gasteiger partial charge in [-0.25, -0.2) is 4.98 Å². The lowest BCUT2D eigenvalue weighted by molar-refractivity contribution is -0.384. The second-order valence-electron chi connectivity index (χ2n) is 6.40. The third-order valence-corrected chi connectivity index (χ3v) is 4.86. The van der Waals surface area contributed by atoms with Crippen LogP contribution in [0.3, 0.4) is 0 Å². The van der Waals surface area contributed by atoms with Crippen LogP contribution in [-0.4, -0.2) is 19.3 Å². The van der Waals surface area contributed by atoms with Crippen molar-refractivity contribution in [2.75, 3.05) is 0 Å². The highest BCUT2D eigenvalue weighted by atomic mass is 16.6. The molecule has 1 saturated carbocycles. The van der Waals surface area contributed by atoms with E-state index in [1.54, 1.807) is 29.1 Å². The standard InChI is InChI=1S/C18H18N4O3/c23-18-15-12-14(22(24)25)9-10-16(15)20(13-6-2-1-3-7-13)21(18)17-8-4-5-11-19-17/h4-5,8-13H,1-3,6-7H2. The molecule has 0 unspecified atom stereocenters. The van der Waals surface area contributed by atoms with Crippen LogP contribution in [-0.2, 0) is 0 Å². The minimum atomic E-state index is -0.470. The molecule has 0 N–H and O–H groups in total. The zero-order valence-corrected chi connectivity index (χ0v) is 13.7. The van der Waals surface area contributed by atoms with Crippen molar-refractivity contribution < 1.29 is 4.92 Å². The average molecular weight is 338 g/mol. The Morgan fingerprint density at radius 2 is 1.92 bits per heavy atom. The molecule has 0 radical (unpaired) electrons. The van der Waals surface area contributed by atoms with Crippen LogP contribution in [0.2, 0.25) is 0 Å². The van der Waals surface area contributed by atoms with Gasteiger partial charge in [0, 0.05) is 18.3 Å². The molecule has 2 aromatic heterocycles. The molecule has 1 aromatic carbocycles. The van der Waals surface area contributed by atoms with Gasteiger partial charge >= 0.3 is 0 Å². The van der Waals surface area contributed by atoms with Crippen LogP contribution in [0.4, 0.5) is 5.69 Å². The molecule has 3 aromatic rings. The minimum absolute atomic E-state index is 0.0708. The number of rotatable bonds is 3. The fraction of sp³-hybridized carbons (Fsp3) is 0.333. The third kappa shape index (κ3) is 2.61. The SMILES string of the molecule is O=c1c2cc([N+](=O)[O-])ccc2n(C2CCCCC2)n1-c1ccccn1. The number of nitro benzene ring substituents is 1. The number of fused-ring (bicyclic) bond motifs is 1. The molecule has 0 atom stereocenters. The Labute approximate surface area is 143 Å². The molecule has 0 spiro atoms. The van der Waals surface area contributed by atoms with Crippen molar-refractivity contribution in [3.05, 3.63) is 63.1 Å². The van der Waals surface area contributed by atoms with Gasteiger partial charge in [-0.1, -0.05) is 25.3 Å². The van der Waals surface area contributed by atoms with Gasteiger partial charge in [0.2, 0.25) is 0 Å². The Bertz CT molecular complexity index is 985. The molecule has 1 aliphatic rings. The van der Waals surface area contributed by atoms with Crippen molar-refractivity contribution in [3.63, 3.8) is 0 Å². The van der Waals surface area contributed by atoms with E-state index >= 15 is 0 Å². The van der Waals surface area contributed by atoms with Gasteiger partial charge in [0.1, 0.15) is 0 Å². The summed E-state index contributed by atoms with van der Waals surface area (Å²) in [7, 11) is 0. The Morgan fingerprint density at radius 3 is 2.60 bits per heavy atom. The highest BCUT2D eigenvalue weighted by molar-refractivity contribution is 5.81. The lowest BCUT2D eigenvalue weighted by Gasteiger charge is -2.26. The van der Waals surface area contributed by atoms with Gasteiger partial charge in [-0.2, -0.15) is 4.68 Å². The van der Waals surface area contributed by atoms with Crippen LogP contribution in [0.15, 0.2) is 47.4 Å². The van der Waals surface area contributed by atoms with Gasteiger partial charge < -0.3 is 0 Å². The van der Waals surface area contributed by atoms with E-state index in [2.05, 4.69) is 4.98 Å². The Balaban J connectivity index is 2.02. The second kappa shape index (κ2) is 6.16. The topological polar surface area (TPSA) is 83.0 Å². The summed E-state index contributed by atoms with van der Waals surface area (Å²) in [6.07, 6.45) is 7.07. The van der Waals surface area contributed by atoms with Crippen LogP contribution in [0, 0.1) is 10.1 Å². The normalized spacial score (nSPS) is 15.5. The molecule has 4 rings (SSSR count). The quantitative estimate of drug-likeness (QED) is 0.539. The largest absolute Gasteiger partial charge is 0.280 e. The number of hydrogen-bond acceptors (Lipinski definition) is 4. The van der Waals surface area contributed by atoms with Crippen molar-refractivity contribution in [1.82, 2.24) is 14.3 Å². The summed E-state index contributed by atoms with van der Waals surface area (Å²) in [4.78, 5) is 28.0. The molecule has 1 fully saturated rings. The lowest BCUT2D eigenvalue weighted by Crippen LogP contribution is -2.26. The van der Waals surface area contributed by atoms with Crippen molar-refractivity contribution in [2.24, 2.45) is 0 Å². The summed E-state index contributed by atoms with van der Waals surface area (Å²) in [5.74, 6) is 0.539. The monoisotopic (exact) mass is 338 g/mol. The van der Waals surface area contributed by atoms with Gasteiger partial charge in [0.05, 0.1) is 21.9 Å². The average Bonchev–Trinajstić information content (AvgIpc) is 2.95. The number of nitrogens with zero attached hydrogens (tertiary/aromatic N) is 4. The summed E-state index contributed by atoms with van der Waals surface area (Å²) in [6, 6.07) is 10.1. The fourth-order valence-corrected chi connectivity index (χ4v) is 3.71. The summed E-state index contributed by atoms with van der Waals surface area (Å²) < 4.78 is 3.56. The molecule has 0 bridgehead atoms. The first-order valence-corrected chi connectivity index (χ1v) is 8.50. The van der Waals surface area contributed by atoms with E-state index in [-0.39, 0.29) is 17.3 Å². The van der Waals surface area contributed by atoms with Crippen molar-refractivity contribution in [3.8, 4) is 5.82 Å². The zero-order chi connectivity index (χ0) is 17.4. The van der Waals surface area contributed by atoms with E-state index in [1.807, 2.05) is 10.7 Å². The number of aromatic nitrogens is 3. The van der Waals surface area contributed by atoms with Crippen LogP contribution in [0.25, 0.3) is 16.7 Å². The number of pyridine rings is 1. The van der Waals surface area contributed by atoms with Crippen LogP contribution in [0.1, 0.15) is 38.1 Å². The second-order valence-corrected chi connectivity index (χ2v) is 6.40. The van der Waals surface area contributed by atoms with Crippen LogP contribution >= 0.6 is 0 Å². The summed E-state index contributed by atoms with van der Waals surface area (Å²) in [6.45, 7) is 0. The molecule has 1 aliphatic carbocycles. The predicted molar refractivity (Wildman–Crippen MR) is 94.1 cm³/mol. The molecule has 2 heterocycles. The minimum Gasteiger partial charge on any atom is -0.273 e. The van der Waals surface area contributed by atoms with Gasteiger partial charge in [-0.15, -0.1) is 0 Å². The molecule has 7 heteroatoms. The molecular weight excluding hydrogens is 320 g/mol. The fourth-order valence-electron chi connectivity index (χ4n) is 3.71. The molecule has 25 heavy (non-hydrogen) atoms. The van der Waals surface area contributed by atoms with E-state index in [9.17, 15) is 14.9 Å². The maximum atomic E-state index is 13.0. The summed E-state index contributed by atoms with van der Waals surface area (Å²) >= 11 is 0. The maximum Gasteiger partial charge on any atom is 0.280 e. The summed E-state index contributed by atoms with van der Waals surface area (Å²) in [5.41, 5.74) is 0.398. The van der Waals surface area contributed by atoms with E-state index in [1.165, 1.54) is 18.6 Å². The zero-order valence-electron chi connectivity index (χ0n) is 13.7. The van der Waals surface area contributed by atoms with E-state index in [4.69, 9.17) is 0 Å². The van der Waals surface area contributed by atoms with Gasteiger partial charge in [0.15, 0.2) is 5.82 Å². The first-order valence-electron chi connectivity index (χ1n) is 8.50. The molecular formula is C18H18N4O3. The van der Waals surface area contributed by atoms with E-state index in [0.717, 1.165) is 31.2 Å². The molecule has 128 valence electrons. The first kappa shape index (κ1) is 15.6. The highest BCUT2D eigenvalue weighted by Crippen LogP contribution is 2.32. The number of benzene rings is 1. The smallest absolute Gasteiger partial charge is 0.273 e. The van der Waals surface area contributed by atoms with Crippen LogP contribution in [0.5, 0.6) is 0 Å². The summed E-state index contributed by atoms with van der Waals surface area (Å²) in [5, 5.41) is 11.5. The highest BCUT2D eigenvalue weighted by Gasteiger charge is 2.24. The number of non-ortho nitro benzene ring substituents is 1. The van der Waals surface area contributed by atoms with Gasteiger partial charge in [0.25, 0.3) is 11.2 Å². The number of nitro groups is 1. The molecule has 0 amide bonds. The predicted octanol–water partition coefficient (Wildman–Crippen LogP) is 3.60. The lowest BCUT2D eigenvalue weighted by atomic mass is 9.95. The maximum absolute atomic E-state index is 13.0. The van der Waals surface area contributed by atoms with Crippen molar-refractivity contribution in [2.45, 2.75) is 38.1 Å². The van der Waals surface area contributed by atoms with Crippen LogP contribution < -0.4 is 5.56 Å². The number of hydrogen-bond donors (Lipinski definition) is 0. The molecule has 0 saturated heterocycles.